The number of nitrogens with one attached hydrogen (secondary N) is 2. The van der Waals surface area contributed by atoms with Crippen LogP contribution in [0.25, 0.3) is 0 Å². The van der Waals surface area contributed by atoms with E-state index >= 15 is 0 Å². The summed E-state index contributed by atoms with van der Waals surface area (Å²) < 4.78 is 26.5. The molecular formula is C18H20ClN3O4S. The number of amides is 2. The number of nitrogens with zero attached hydrogens (tertiary/aromatic N) is 1. The Kier molecular flexibility index (Phi) is 6.95. The Morgan fingerprint density at radius 2 is 1.56 bits per heavy atom. The summed E-state index contributed by atoms with van der Waals surface area (Å²) >= 11 is 5.99. The normalized spacial score (nSPS) is 11.3. The molecule has 0 radical (unpaired) electrons. The fraction of sp³-hybridized carbons (Fsp3) is 0.222. The second kappa shape index (κ2) is 8.98. The van der Waals surface area contributed by atoms with Crippen LogP contribution in [0.5, 0.6) is 0 Å². The van der Waals surface area contributed by atoms with E-state index in [0.717, 1.165) is 4.31 Å². The molecule has 0 fully saturated rings. The molecule has 2 rings (SSSR count). The molecule has 0 aromatic heterocycles. The summed E-state index contributed by atoms with van der Waals surface area (Å²) in [5.41, 5.74) is 1.08. The number of carbonyl (C=O) groups is 2. The molecule has 0 heterocycles. The van der Waals surface area contributed by atoms with E-state index in [-0.39, 0.29) is 28.9 Å². The van der Waals surface area contributed by atoms with Gasteiger partial charge in [-0.15, -0.1) is 0 Å². The maximum atomic E-state index is 12.7. The molecule has 0 saturated heterocycles. The molecule has 0 aliphatic rings. The fourth-order valence-corrected chi connectivity index (χ4v) is 4.26. The van der Waals surface area contributed by atoms with Crippen molar-refractivity contribution in [3.05, 3.63) is 53.6 Å². The van der Waals surface area contributed by atoms with E-state index in [1.54, 1.807) is 43.3 Å². The highest BCUT2D eigenvalue weighted by Gasteiger charge is 2.27. The predicted molar refractivity (Wildman–Crippen MR) is 105 cm³/mol. The van der Waals surface area contributed by atoms with Crippen molar-refractivity contribution >= 4 is 44.8 Å². The van der Waals surface area contributed by atoms with Gasteiger partial charge in [0.05, 0.1) is 11.6 Å². The van der Waals surface area contributed by atoms with Crippen molar-refractivity contribution in [3.8, 4) is 0 Å². The lowest BCUT2D eigenvalue weighted by Gasteiger charge is -2.20. The smallest absolute Gasteiger partial charge is 0.245 e. The maximum absolute atomic E-state index is 12.7. The number of hydrogen-bond acceptors (Lipinski definition) is 4. The topological polar surface area (TPSA) is 95.6 Å². The van der Waals surface area contributed by atoms with Crippen LogP contribution >= 0.6 is 11.6 Å². The summed E-state index contributed by atoms with van der Waals surface area (Å²) in [7, 11) is -3.90. The molecule has 9 heteroatoms. The summed E-state index contributed by atoms with van der Waals surface area (Å²) in [6.45, 7) is 2.80. The van der Waals surface area contributed by atoms with Gasteiger partial charge in [0, 0.05) is 24.8 Å². The Balaban J connectivity index is 2.08. The number of likely N-dealkylation sites (N-methyl/N-ethyl adjacent to an activating group) is 1. The number of benzene rings is 2. The second-order valence-electron chi connectivity index (χ2n) is 5.67. The number of rotatable bonds is 7. The second-order valence-corrected chi connectivity index (χ2v) is 7.98. The first-order valence-electron chi connectivity index (χ1n) is 8.16. The Hall–Kier alpha value is -2.42. The molecule has 144 valence electrons. The zero-order valence-electron chi connectivity index (χ0n) is 14.9. The van der Waals surface area contributed by atoms with Gasteiger partial charge in [0.2, 0.25) is 21.8 Å². The number of hydrogen-bond donors (Lipinski definition) is 2. The molecule has 2 aromatic carbocycles. The fourth-order valence-electron chi connectivity index (χ4n) is 2.36. The van der Waals surface area contributed by atoms with Gasteiger partial charge in [-0.05, 0) is 36.4 Å². The molecule has 2 amide bonds. The van der Waals surface area contributed by atoms with Gasteiger partial charge in [-0.2, -0.15) is 4.31 Å². The van der Waals surface area contributed by atoms with E-state index in [9.17, 15) is 18.0 Å². The molecule has 0 saturated carbocycles. The third-order valence-electron chi connectivity index (χ3n) is 3.62. The van der Waals surface area contributed by atoms with Crippen LogP contribution in [-0.2, 0) is 19.6 Å². The van der Waals surface area contributed by atoms with Crippen molar-refractivity contribution < 1.29 is 18.0 Å². The molecule has 27 heavy (non-hydrogen) atoms. The summed E-state index contributed by atoms with van der Waals surface area (Å²) in [5, 5.41) is 5.35. The first-order chi connectivity index (χ1) is 12.7. The Morgan fingerprint density at radius 1 is 1.00 bits per heavy atom. The van der Waals surface area contributed by atoms with Crippen LogP contribution in [0.2, 0.25) is 5.02 Å². The van der Waals surface area contributed by atoms with Gasteiger partial charge in [0.15, 0.2) is 0 Å². The average molecular weight is 410 g/mol. The van der Waals surface area contributed by atoms with Crippen LogP contribution in [0.15, 0.2) is 53.4 Å². The molecule has 0 bridgehead atoms. The summed E-state index contributed by atoms with van der Waals surface area (Å²) in [4.78, 5) is 23.3. The molecule has 0 atom stereocenters. The maximum Gasteiger partial charge on any atom is 0.245 e. The quantitative estimate of drug-likeness (QED) is 0.734. The first-order valence-corrected chi connectivity index (χ1v) is 9.98. The Bertz CT molecular complexity index is 930. The summed E-state index contributed by atoms with van der Waals surface area (Å²) in [6, 6.07) is 12.6. The lowest BCUT2D eigenvalue weighted by molar-refractivity contribution is -0.116. The molecule has 0 aliphatic carbocycles. The van der Waals surface area contributed by atoms with Crippen molar-refractivity contribution in [2.24, 2.45) is 0 Å². The minimum atomic E-state index is -3.90. The number of halogens is 1. The van der Waals surface area contributed by atoms with Crippen LogP contribution in [0, 0.1) is 0 Å². The van der Waals surface area contributed by atoms with Crippen molar-refractivity contribution in [1.82, 2.24) is 4.31 Å². The van der Waals surface area contributed by atoms with Crippen LogP contribution in [0.3, 0.4) is 0 Å². The van der Waals surface area contributed by atoms with Gasteiger partial charge >= 0.3 is 0 Å². The predicted octanol–water partition coefficient (Wildman–Crippen LogP) is 2.95. The van der Waals surface area contributed by atoms with Crippen LogP contribution < -0.4 is 10.6 Å². The van der Waals surface area contributed by atoms with Crippen molar-refractivity contribution in [2.75, 3.05) is 23.7 Å². The molecule has 7 nitrogen and oxygen atoms in total. The molecule has 0 aliphatic heterocycles. The molecular weight excluding hydrogens is 390 g/mol. The summed E-state index contributed by atoms with van der Waals surface area (Å²) in [6.07, 6.45) is 0. The SMILES string of the molecule is CCN(CC(=O)Nc1ccc(NC(C)=O)cc1)S(=O)(=O)c1ccccc1Cl. The van der Waals surface area contributed by atoms with E-state index in [4.69, 9.17) is 11.6 Å². The van der Waals surface area contributed by atoms with Gasteiger partial charge < -0.3 is 10.6 Å². The van der Waals surface area contributed by atoms with Gasteiger partial charge in [0.1, 0.15) is 4.90 Å². The molecule has 2 N–H and O–H groups in total. The highest BCUT2D eigenvalue weighted by Crippen LogP contribution is 2.24. The molecule has 2 aromatic rings. The van der Waals surface area contributed by atoms with Crippen LogP contribution in [0.4, 0.5) is 11.4 Å². The van der Waals surface area contributed by atoms with E-state index in [0.29, 0.717) is 11.4 Å². The summed E-state index contributed by atoms with van der Waals surface area (Å²) in [5.74, 6) is -0.685. The van der Waals surface area contributed by atoms with Gasteiger partial charge in [-0.1, -0.05) is 30.7 Å². The van der Waals surface area contributed by atoms with Gasteiger partial charge in [-0.3, -0.25) is 9.59 Å². The number of sulfonamides is 1. The van der Waals surface area contributed by atoms with E-state index < -0.39 is 15.9 Å². The highest BCUT2D eigenvalue weighted by molar-refractivity contribution is 7.89. The molecule has 0 spiro atoms. The van der Waals surface area contributed by atoms with Crippen molar-refractivity contribution in [1.29, 1.82) is 0 Å². The highest BCUT2D eigenvalue weighted by atomic mass is 35.5. The lowest BCUT2D eigenvalue weighted by atomic mass is 10.2. The largest absolute Gasteiger partial charge is 0.326 e. The van der Waals surface area contributed by atoms with Gasteiger partial charge in [-0.25, -0.2) is 8.42 Å². The van der Waals surface area contributed by atoms with Crippen molar-refractivity contribution in [3.63, 3.8) is 0 Å². The van der Waals surface area contributed by atoms with Crippen LogP contribution in [-0.4, -0.2) is 37.6 Å². The Morgan fingerprint density at radius 3 is 2.07 bits per heavy atom. The monoisotopic (exact) mass is 409 g/mol. The van der Waals surface area contributed by atoms with Gasteiger partial charge in [0.25, 0.3) is 0 Å². The van der Waals surface area contributed by atoms with Crippen molar-refractivity contribution in [2.45, 2.75) is 18.7 Å². The minimum absolute atomic E-state index is 0.0408. The first kappa shape index (κ1) is 20.9. The van der Waals surface area contributed by atoms with E-state index in [1.165, 1.54) is 19.1 Å². The minimum Gasteiger partial charge on any atom is -0.326 e. The lowest BCUT2D eigenvalue weighted by Crippen LogP contribution is -2.38. The molecule has 0 unspecified atom stereocenters. The standard InChI is InChI=1S/C18H20ClN3O4S/c1-3-22(27(25,26)17-7-5-4-6-16(17)19)12-18(24)21-15-10-8-14(9-11-15)20-13(2)23/h4-11H,3,12H2,1-2H3,(H,20,23)(H,21,24). The zero-order chi connectivity index (χ0) is 20.0. The van der Waals surface area contributed by atoms with Crippen LogP contribution in [0.1, 0.15) is 13.8 Å². The third-order valence-corrected chi connectivity index (χ3v) is 6.04. The number of carbonyl (C=O) groups excluding carboxylic acids is 2. The third kappa shape index (κ3) is 5.53. The average Bonchev–Trinajstić information content (AvgIpc) is 2.61. The van der Waals surface area contributed by atoms with E-state index in [1.807, 2.05) is 0 Å². The number of anilines is 2. The zero-order valence-corrected chi connectivity index (χ0v) is 16.5. The van der Waals surface area contributed by atoms with E-state index in [2.05, 4.69) is 10.6 Å². The Labute approximate surface area is 163 Å².